The van der Waals surface area contributed by atoms with Gasteiger partial charge >= 0.3 is 0 Å². The molecule has 2 rings (SSSR count). The van der Waals surface area contributed by atoms with E-state index in [9.17, 15) is 0 Å². The second-order valence-corrected chi connectivity index (χ2v) is 5.87. The third-order valence-corrected chi connectivity index (χ3v) is 3.99. The number of hydrogen-bond acceptors (Lipinski definition) is 4. The van der Waals surface area contributed by atoms with Crippen LogP contribution in [-0.4, -0.2) is 37.3 Å². The molecule has 1 aromatic heterocycles. The highest BCUT2D eigenvalue weighted by atomic mass is 16.5. The summed E-state index contributed by atoms with van der Waals surface area (Å²) in [5, 5.41) is 0. The molecule has 4 heteroatoms. The van der Waals surface area contributed by atoms with Gasteiger partial charge in [0.05, 0.1) is 6.10 Å². The van der Waals surface area contributed by atoms with Crippen LogP contribution in [0.15, 0.2) is 12.3 Å². The van der Waals surface area contributed by atoms with Gasteiger partial charge in [0.1, 0.15) is 5.82 Å². The van der Waals surface area contributed by atoms with Crippen LogP contribution in [0.2, 0.25) is 0 Å². The zero-order valence-corrected chi connectivity index (χ0v) is 12.9. The van der Waals surface area contributed by atoms with Crippen molar-refractivity contribution in [2.45, 2.75) is 51.7 Å². The summed E-state index contributed by atoms with van der Waals surface area (Å²) in [5.41, 5.74) is 8.45. The SMILES string of the molecule is CCC(N)Cc1cnc(N(C)CC2CCCO2)c(C)c1. The molecule has 0 aromatic carbocycles. The minimum atomic E-state index is 0.228. The summed E-state index contributed by atoms with van der Waals surface area (Å²) in [7, 11) is 2.09. The van der Waals surface area contributed by atoms with Crippen LogP contribution < -0.4 is 10.6 Å². The van der Waals surface area contributed by atoms with Gasteiger partial charge in [-0.1, -0.05) is 13.0 Å². The van der Waals surface area contributed by atoms with E-state index in [2.05, 4.69) is 36.8 Å². The number of nitrogens with zero attached hydrogens (tertiary/aromatic N) is 2. The molecule has 0 bridgehead atoms. The molecule has 2 atom stereocenters. The number of ether oxygens (including phenoxy) is 1. The number of likely N-dealkylation sites (N-methyl/N-ethyl adjacent to an activating group) is 1. The first-order chi connectivity index (χ1) is 9.60. The van der Waals surface area contributed by atoms with Crippen LogP contribution in [0.4, 0.5) is 5.82 Å². The predicted octanol–water partition coefficient (Wildman–Crippen LogP) is 2.29. The van der Waals surface area contributed by atoms with Crippen molar-refractivity contribution in [1.82, 2.24) is 4.98 Å². The van der Waals surface area contributed by atoms with Crippen LogP contribution >= 0.6 is 0 Å². The summed E-state index contributed by atoms with van der Waals surface area (Å²) in [6, 6.07) is 2.44. The highest BCUT2D eigenvalue weighted by Gasteiger charge is 2.19. The smallest absolute Gasteiger partial charge is 0.131 e. The molecular weight excluding hydrogens is 250 g/mol. The summed E-state index contributed by atoms with van der Waals surface area (Å²) < 4.78 is 5.69. The van der Waals surface area contributed by atoms with Crippen LogP contribution in [0.1, 0.15) is 37.3 Å². The van der Waals surface area contributed by atoms with Crippen molar-refractivity contribution in [2.75, 3.05) is 25.1 Å². The topological polar surface area (TPSA) is 51.4 Å². The van der Waals surface area contributed by atoms with Gasteiger partial charge < -0.3 is 15.4 Å². The Kier molecular flexibility index (Phi) is 5.38. The van der Waals surface area contributed by atoms with Crippen LogP contribution in [0.25, 0.3) is 0 Å². The summed E-state index contributed by atoms with van der Waals surface area (Å²) in [6.07, 6.45) is 6.56. The molecule has 4 nitrogen and oxygen atoms in total. The molecule has 0 saturated carbocycles. The Hall–Kier alpha value is -1.13. The van der Waals surface area contributed by atoms with Crippen molar-refractivity contribution in [1.29, 1.82) is 0 Å². The van der Waals surface area contributed by atoms with Gasteiger partial charge in [-0.05, 0) is 43.7 Å². The molecule has 2 heterocycles. The lowest BCUT2D eigenvalue weighted by molar-refractivity contribution is 0.116. The molecule has 1 fully saturated rings. The van der Waals surface area contributed by atoms with E-state index in [1.807, 2.05) is 6.20 Å². The van der Waals surface area contributed by atoms with Crippen LogP contribution in [0.3, 0.4) is 0 Å². The first-order valence-electron chi connectivity index (χ1n) is 7.64. The average Bonchev–Trinajstić information content (AvgIpc) is 2.91. The molecule has 112 valence electrons. The van der Waals surface area contributed by atoms with Crippen molar-refractivity contribution in [3.05, 3.63) is 23.4 Å². The minimum Gasteiger partial charge on any atom is -0.376 e. The van der Waals surface area contributed by atoms with Crippen molar-refractivity contribution in [3.8, 4) is 0 Å². The number of rotatable bonds is 6. The third-order valence-electron chi connectivity index (χ3n) is 3.99. The van der Waals surface area contributed by atoms with Gasteiger partial charge in [0, 0.05) is 32.4 Å². The van der Waals surface area contributed by atoms with Gasteiger partial charge in [0.2, 0.25) is 0 Å². The van der Waals surface area contributed by atoms with E-state index in [-0.39, 0.29) is 6.04 Å². The number of aromatic nitrogens is 1. The fraction of sp³-hybridized carbons (Fsp3) is 0.688. The lowest BCUT2D eigenvalue weighted by Crippen LogP contribution is -2.29. The summed E-state index contributed by atoms with van der Waals surface area (Å²) in [5.74, 6) is 1.05. The molecule has 1 saturated heterocycles. The van der Waals surface area contributed by atoms with Gasteiger partial charge in [0.25, 0.3) is 0 Å². The van der Waals surface area contributed by atoms with Crippen molar-refractivity contribution in [2.24, 2.45) is 5.73 Å². The Balaban J connectivity index is 2.00. The first-order valence-corrected chi connectivity index (χ1v) is 7.64. The van der Waals surface area contributed by atoms with Gasteiger partial charge in [-0.2, -0.15) is 0 Å². The van der Waals surface area contributed by atoms with Gasteiger partial charge in [-0.25, -0.2) is 4.98 Å². The molecule has 1 aliphatic heterocycles. The second-order valence-electron chi connectivity index (χ2n) is 5.87. The molecule has 2 unspecified atom stereocenters. The van der Waals surface area contributed by atoms with Crippen molar-refractivity contribution in [3.63, 3.8) is 0 Å². The molecule has 0 radical (unpaired) electrons. The predicted molar refractivity (Wildman–Crippen MR) is 83.2 cm³/mol. The molecule has 0 aliphatic carbocycles. The molecule has 1 aliphatic rings. The van der Waals surface area contributed by atoms with Crippen molar-refractivity contribution >= 4 is 5.82 Å². The highest BCUT2D eigenvalue weighted by Crippen LogP contribution is 2.20. The number of pyridine rings is 1. The first kappa shape index (κ1) is 15.3. The van der Waals surface area contributed by atoms with E-state index in [1.165, 1.54) is 17.5 Å². The molecule has 0 spiro atoms. The number of nitrogens with two attached hydrogens (primary N) is 1. The third kappa shape index (κ3) is 3.93. The monoisotopic (exact) mass is 277 g/mol. The Morgan fingerprint density at radius 2 is 2.35 bits per heavy atom. The van der Waals surface area contributed by atoms with Crippen LogP contribution in [-0.2, 0) is 11.2 Å². The second kappa shape index (κ2) is 7.04. The molecule has 0 amide bonds. The number of anilines is 1. The largest absolute Gasteiger partial charge is 0.376 e. The van der Waals surface area contributed by atoms with E-state index >= 15 is 0 Å². The maximum Gasteiger partial charge on any atom is 0.131 e. The highest BCUT2D eigenvalue weighted by molar-refractivity contribution is 5.46. The Morgan fingerprint density at radius 3 is 2.95 bits per heavy atom. The lowest BCUT2D eigenvalue weighted by atomic mass is 10.0. The van der Waals surface area contributed by atoms with Gasteiger partial charge in [-0.3, -0.25) is 0 Å². The lowest BCUT2D eigenvalue weighted by Gasteiger charge is -2.23. The van der Waals surface area contributed by atoms with E-state index in [0.29, 0.717) is 6.10 Å². The normalized spacial score (nSPS) is 20.1. The quantitative estimate of drug-likeness (QED) is 0.867. The van der Waals surface area contributed by atoms with E-state index < -0.39 is 0 Å². The summed E-state index contributed by atoms with van der Waals surface area (Å²) in [4.78, 5) is 6.83. The zero-order chi connectivity index (χ0) is 14.5. The van der Waals surface area contributed by atoms with E-state index in [4.69, 9.17) is 10.5 Å². The average molecular weight is 277 g/mol. The Morgan fingerprint density at radius 1 is 1.55 bits per heavy atom. The minimum absolute atomic E-state index is 0.228. The Bertz CT molecular complexity index is 430. The van der Waals surface area contributed by atoms with Gasteiger partial charge in [-0.15, -0.1) is 0 Å². The zero-order valence-electron chi connectivity index (χ0n) is 12.9. The number of aryl methyl sites for hydroxylation is 1. The van der Waals surface area contributed by atoms with Crippen molar-refractivity contribution < 1.29 is 4.74 Å². The van der Waals surface area contributed by atoms with E-state index in [1.54, 1.807) is 0 Å². The molecule has 2 N–H and O–H groups in total. The van der Waals surface area contributed by atoms with E-state index in [0.717, 1.165) is 38.2 Å². The molecule has 20 heavy (non-hydrogen) atoms. The maximum absolute atomic E-state index is 6.01. The number of hydrogen-bond donors (Lipinski definition) is 1. The molecule has 1 aromatic rings. The Labute approximate surface area is 122 Å². The van der Waals surface area contributed by atoms with Crippen LogP contribution in [0.5, 0.6) is 0 Å². The van der Waals surface area contributed by atoms with Gasteiger partial charge in [0.15, 0.2) is 0 Å². The summed E-state index contributed by atoms with van der Waals surface area (Å²) in [6.45, 7) is 6.06. The summed E-state index contributed by atoms with van der Waals surface area (Å²) >= 11 is 0. The fourth-order valence-corrected chi connectivity index (χ4v) is 2.76. The standard InChI is InChI=1S/C16H27N3O/c1-4-14(17)9-13-8-12(2)16(18-10-13)19(3)11-15-6-5-7-20-15/h8,10,14-15H,4-7,9,11,17H2,1-3H3. The maximum atomic E-state index is 6.01. The fourth-order valence-electron chi connectivity index (χ4n) is 2.76. The van der Waals surface area contributed by atoms with Crippen LogP contribution in [0, 0.1) is 6.92 Å². The molecular formula is C16H27N3O.